The molecule has 0 aliphatic carbocycles. The van der Waals surface area contributed by atoms with Gasteiger partial charge in [-0.25, -0.2) is 0 Å². The molecule has 0 saturated heterocycles. The SMILES string of the molecule is CC(C)=CCn1ccc2c(Cl)cc(Cl)cc21. The minimum absolute atomic E-state index is 0.676. The number of hydrogen-bond donors (Lipinski definition) is 0. The van der Waals surface area contributed by atoms with E-state index in [1.54, 1.807) is 6.07 Å². The Kier molecular flexibility index (Phi) is 3.27. The van der Waals surface area contributed by atoms with Crippen LogP contribution in [0.4, 0.5) is 0 Å². The van der Waals surface area contributed by atoms with E-state index in [4.69, 9.17) is 23.2 Å². The van der Waals surface area contributed by atoms with E-state index in [1.807, 2.05) is 18.3 Å². The molecular weight excluding hydrogens is 241 g/mol. The molecule has 3 heteroatoms. The lowest BCUT2D eigenvalue weighted by Crippen LogP contribution is -1.93. The third kappa shape index (κ3) is 2.26. The van der Waals surface area contributed by atoms with Crippen LogP contribution in [-0.4, -0.2) is 4.57 Å². The molecule has 0 unspecified atom stereocenters. The topological polar surface area (TPSA) is 4.93 Å². The van der Waals surface area contributed by atoms with Crippen molar-refractivity contribution in [1.82, 2.24) is 4.57 Å². The highest BCUT2D eigenvalue weighted by molar-refractivity contribution is 6.38. The fraction of sp³-hybridized carbons (Fsp3) is 0.231. The minimum atomic E-state index is 0.676. The predicted octanol–water partition coefficient (Wildman–Crippen LogP) is 4.91. The van der Waals surface area contributed by atoms with Crippen molar-refractivity contribution in [3.63, 3.8) is 0 Å². The Hall–Kier alpha value is -0.920. The van der Waals surface area contributed by atoms with Crippen molar-refractivity contribution in [2.45, 2.75) is 20.4 Å². The molecule has 0 aliphatic heterocycles. The molecule has 0 atom stereocenters. The zero-order valence-electron chi connectivity index (χ0n) is 9.30. The van der Waals surface area contributed by atoms with Crippen LogP contribution in [0.1, 0.15) is 13.8 Å². The van der Waals surface area contributed by atoms with Crippen molar-refractivity contribution >= 4 is 34.1 Å². The average Bonchev–Trinajstić information content (AvgIpc) is 2.58. The molecule has 0 N–H and O–H groups in total. The van der Waals surface area contributed by atoms with Gasteiger partial charge >= 0.3 is 0 Å². The highest BCUT2D eigenvalue weighted by atomic mass is 35.5. The molecule has 1 aromatic heterocycles. The van der Waals surface area contributed by atoms with Gasteiger partial charge in [0, 0.05) is 23.2 Å². The van der Waals surface area contributed by atoms with E-state index < -0.39 is 0 Å². The molecule has 0 spiro atoms. The quantitative estimate of drug-likeness (QED) is 0.671. The molecular formula is C13H13Cl2N. The van der Waals surface area contributed by atoms with Crippen LogP contribution in [0, 0.1) is 0 Å². The van der Waals surface area contributed by atoms with Gasteiger partial charge in [0.05, 0.1) is 10.5 Å². The second-order valence-corrected chi connectivity index (χ2v) is 4.91. The van der Waals surface area contributed by atoms with Crippen molar-refractivity contribution in [2.24, 2.45) is 0 Å². The second kappa shape index (κ2) is 4.52. The van der Waals surface area contributed by atoms with Crippen molar-refractivity contribution < 1.29 is 0 Å². The summed E-state index contributed by atoms with van der Waals surface area (Å²) in [6.45, 7) is 5.03. The molecule has 1 nitrogen and oxygen atoms in total. The highest BCUT2D eigenvalue weighted by Crippen LogP contribution is 2.28. The first-order chi connectivity index (χ1) is 7.58. The lowest BCUT2D eigenvalue weighted by atomic mass is 10.2. The fourth-order valence-electron chi connectivity index (χ4n) is 1.66. The van der Waals surface area contributed by atoms with Crippen LogP contribution < -0.4 is 0 Å². The van der Waals surface area contributed by atoms with E-state index >= 15 is 0 Å². The van der Waals surface area contributed by atoms with Gasteiger partial charge in [-0.3, -0.25) is 0 Å². The van der Waals surface area contributed by atoms with Gasteiger partial charge in [0.1, 0.15) is 0 Å². The summed E-state index contributed by atoms with van der Waals surface area (Å²) in [5, 5.41) is 2.43. The number of halogens is 2. The first kappa shape index (κ1) is 11.6. The molecule has 1 heterocycles. The lowest BCUT2D eigenvalue weighted by molar-refractivity contribution is 0.856. The normalized spacial score (nSPS) is 10.8. The van der Waals surface area contributed by atoms with Crippen LogP contribution in [0.5, 0.6) is 0 Å². The maximum absolute atomic E-state index is 6.13. The molecule has 0 aliphatic rings. The monoisotopic (exact) mass is 253 g/mol. The van der Waals surface area contributed by atoms with Crippen molar-refractivity contribution in [3.8, 4) is 0 Å². The maximum atomic E-state index is 6.13. The van der Waals surface area contributed by atoms with Crippen LogP contribution in [-0.2, 0) is 6.54 Å². The average molecular weight is 254 g/mol. The highest BCUT2D eigenvalue weighted by Gasteiger charge is 2.05. The van der Waals surface area contributed by atoms with Crippen LogP contribution in [0.2, 0.25) is 10.0 Å². The summed E-state index contributed by atoms with van der Waals surface area (Å²) in [5.41, 5.74) is 2.38. The van der Waals surface area contributed by atoms with Gasteiger partial charge in [0.15, 0.2) is 0 Å². The Balaban J connectivity index is 2.51. The molecule has 0 fully saturated rings. The first-order valence-corrected chi connectivity index (χ1v) is 5.91. The van der Waals surface area contributed by atoms with Crippen molar-refractivity contribution in [1.29, 1.82) is 0 Å². The largest absolute Gasteiger partial charge is 0.344 e. The van der Waals surface area contributed by atoms with E-state index in [9.17, 15) is 0 Å². The number of hydrogen-bond acceptors (Lipinski definition) is 0. The van der Waals surface area contributed by atoms with E-state index in [1.165, 1.54) is 5.57 Å². The van der Waals surface area contributed by atoms with Crippen LogP contribution >= 0.6 is 23.2 Å². The minimum Gasteiger partial charge on any atom is -0.344 e. The number of benzene rings is 1. The summed E-state index contributed by atoms with van der Waals surface area (Å²) in [6, 6.07) is 5.74. The summed E-state index contributed by atoms with van der Waals surface area (Å²) in [5.74, 6) is 0. The van der Waals surface area contributed by atoms with Gasteiger partial charge in [-0.05, 0) is 32.0 Å². The van der Waals surface area contributed by atoms with Gasteiger partial charge < -0.3 is 4.57 Å². The summed E-state index contributed by atoms with van der Waals surface area (Å²) in [4.78, 5) is 0. The Morgan fingerprint density at radius 1 is 1.31 bits per heavy atom. The molecule has 2 rings (SSSR count). The fourth-order valence-corrected chi connectivity index (χ4v) is 2.20. The zero-order chi connectivity index (χ0) is 11.7. The Bertz CT molecular complexity index is 548. The number of aromatic nitrogens is 1. The standard InChI is InChI=1S/C13H13Cl2N/c1-9(2)3-5-16-6-4-11-12(15)7-10(14)8-13(11)16/h3-4,6-8H,5H2,1-2H3. The number of fused-ring (bicyclic) bond motifs is 1. The summed E-state index contributed by atoms with van der Waals surface area (Å²) in [7, 11) is 0. The molecule has 84 valence electrons. The second-order valence-electron chi connectivity index (χ2n) is 4.07. The molecule has 0 amide bonds. The third-order valence-electron chi connectivity index (χ3n) is 2.50. The van der Waals surface area contributed by atoms with Gasteiger partial charge in [-0.1, -0.05) is 34.9 Å². The van der Waals surface area contributed by atoms with Crippen LogP contribution in [0.15, 0.2) is 36.0 Å². The van der Waals surface area contributed by atoms with E-state index in [2.05, 4.69) is 24.5 Å². The number of allylic oxidation sites excluding steroid dienone is 2. The molecule has 0 saturated carbocycles. The molecule has 2 aromatic rings. The van der Waals surface area contributed by atoms with E-state index in [0.717, 1.165) is 17.4 Å². The van der Waals surface area contributed by atoms with Crippen molar-refractivity contribution in [3.05, 3.63) is 46.1 Å². The Morgan fingerprint density at radius 3 is 2.75 bits per heavy atom. The van der Waals surface area contributed by atoms with Gasteiger partial charge in [-0.15, -0.1) is 0 Å². The summed E-state index contributed by atoms with van der Waals surface area (Å²) < 4.78 is 2.14. The molecule has 0 radical (unpaired) electrons. The van der Waals surface area contributed by atoms with E-state index in [-0.39, 0.29) is 0 Å². The molecule has 16 heavy (non-hydrogen) atoms. The lowest BCUT2D eigenvalue weighted by Gasteiger charge is -2.03. The van der Waals surface area contributed by atoms with Gasteiger partial charge in [0.2, 0.25) is 0 Å². The first-order valence-electron chi connectivity index (χ1n) is 5.15. The molecule has 0 bridgehead atoms. The zero-order valence-corrected chi connectivity index (χ0v) is 10.8. The smallest absolute Gasteiger partial charge is 0.0514 e. The number of nitrogens with zero attached hydrogens (tertiary/aromatic N) is 1. The van der Waals surface area contributed by atoms with Crippen LogP contribution in [0.25, 0.3) is 10.9 Å². The van der Waals surface area contributed by atoms with Crippen molar-refractivity contribution in [2.75, 3.05) is 0 Å². The molecule has 1 aromatic carbocycles. The number of rotatable bonds is 2. The Morgan fingerprint density at radius 2 is 2.06 bits per heavy atom. The van der Waals surface area contributed by atoms with Crippen LogP contribution in [0.3, 0.4) is 0 Å². The summed E-state index contributed by atoms with van der Waals surface area (Å²) in [6.07, 6.45) is 4.21. The summed E-state index contributed by atoms with van der Waals surface area (Å²) >= 11 is 12.1. The van der Waals surface area contributed by atoms with Gasteiger partial charge in [-0.2, -0.15) is 0 Å². The van der Waals surface area contributed by atoms with Gasteiger partial charge in [0.25, 0.3) is 0 Å². The maximum Gasteiger partial charge on any atom is 0.0514 e. The predicted molar refractivity (Wildman–Crippen MR) is 71.4 cm³/mol. The Labute approximate surface area is 105 Å². The van der Waals surface area contributed by atoms with E-state index in [0.29, 0.717) is 10.0 Å². The third-order valence-corrected chi connectivity index (χ3v) is 3.03.